The van der Waals surface area contributed by atoms with Crippen molar-refractivity contribution in [3.05, 3.63) is 68.6 Å². The highest BCUT2D eigenvalue weighted by Gasteiger charge is 2.35. The van der Waals surface area contributed by atoms with Gasteiger partial charge in [-0.1, -0.05) is 30.0 Å². The van der Waals surface area contributed by atoms with Gasteiger partial charge in [0, 0.05) is 55.1 Å². The molecular weight excluding hydrogens is 424 g/mol. The SMILES string of the molecule is O=C(CSC(=S)N1C[C@H]2C[C@H](C1)c1cccc(=O)n1C2)Nc1ccc([N+](=O)[O-])cc1. The number of anilines is 1. The average molecular weight is 445 g/mol. The van der Waals surface area contributed by atoms with Gasteiger partial charge in [0.15, 0.2) is 0 Å². The summed E-state index contributed by atoms with van der Waals surface area (Å²) < 4.78 is 2.56. The van der Waals surface area contributed by atoms with Gasteiger partial charge >= 0.3 is 0 Å². The number of hydrogen-bond acceptors (Lipinski definition) is 6. The molecule has 0 aliphatic carbocycles. The van der Waals surface area contributed by atoms with Crippen molar-refractivity contribution in [2.75, 3.05) is 24.2 Å². The summed E-state index contributed by atoms with van der Waals surface area (Å²) >= 11 is 6.88. The third-order valence-electron chi connectivity index (χ3n) is 5.43. The lowest BCUT2D eigenvalue weighted by Gasteiger charge is -2.43. The van der Waals surface area contributed by atoms with Gasteiger partial charge in [-0.3, -0.25) is 19.7 Å². The molecule has 3 heterocycles. The highest BCUT2D eigenvalue weighted by atomic mass is 32.2. The predicted molar refractivity (Wildman–Crippen MR) is 120 cm³/mol. The number of nitro groups is 1. The second-order valence-corrected chi connectivity index (χ2v) is 9.12. The zero-order valence-corrected chi connectivity index (χ0v) is 17.7. The number of carbonyl (C=O) groups is 1. The number of thioether (sulfide) groups is 1. The maximum absolute atomic E-state index is 12.2. The molecule has 0 saturated carbocycles. The van der Waals surface area contributed by atoms with Crippen LogP contribution < -0.4 is 10.9 Å². The van der Waals surface area contributed by atoms with Crippen LogP contribution in [-0.2, 0) is 11.3 Å². The standard InChI is InChI=1S/C20H20N4O4S2/c25-18(21-15-4-6-16(7-5-15)24(27)28)12-30-20(29)22-9-13-8-14(11-22)17-2-1-3-19(26)23(17)10-13/h1-7,13-14H,8-12H2,(H,21,25)/t13-,14-/m1/s1. The van der Waals surface area contributed by atoms with Crippen molar-refractivity contribution in [3.8, 4) is 0 Å². The smallest absolute Gasteiger partial charge is 0.269 e. The first-order valence-corrected chi connectivity index (χ1v) is 11.0. The van der Waals surface area contributed by atoms with E-state index in [1.807, 2.05) is 16.7 Å². The van der Waals surface area contributed by atoms with Crippen LogP contribution >= 0.6 is 24.0 Å². The number of pyridine rings is 1. The number of fused-ring (bicyclic) bond motifs is 4. The van der Waals surface area contributed by atoms with Crippen LogP contribution in [0, 0.1) is 16.0 Å². The quantitative estimate of drug-likeness (QED) is 0.440. The Morgan fingerprint density at radius 3 is 2.70 bits per heavy atom. The van der Waals surface area contributed by atoms with Crippen molar-refractivity contribution in [2.45, 2.75) is 18.9 Å². The van der Waals surface area contributed by atoms with Crippen LogP contribution in [0.15, 0.2) is 47.3 Å². The van der Waals surface area contributed by atoms with Crippen molar-refractivity contribution in [1.82, 2.24) is 9.47 Å². The molecule has 1 fully saturated rings. The number of nitro benzene ring substituents is 1. The molecule has 1 aromatic heterocycles. The monoisotopic (exact) mass is 444 g/mol. The molecule has 2 aliphatic rings. The summed E-state index contributed by atoms with van der Waals surface area (Å²) in [7, 11) is 0. The summed E-state index contributed by atoms with van der Waals surface area (Å²) in [6, 6.07) is 11.1. The van der Waals surface area contributed by atoms with E-state index in [4.69, 9.17) is 12.2 Å². The molecule has 0 radical (unpaired) electrons. The molecule has 1 amide bonds. The molecule has 2 bridgehead atoms. The molecule has 8 nitrogen and oxygen atoms in total. The summed E-state index contributed by atoms with van der Waals surface area (Å²) in [5.74, 6) is 0.575. The van der Waals surface area contributed by atoms with Gasteiger partial charge in [0.25, 0.3) is 11.2 Å². The largest absolute Gasteiger partial charge is 0.356 e. The van der Waals surface area contributed by atoms with Crippen molar-refractivity contribution in [1.29, 1.82) is 0 Å². The van der Waals surface area contributed by atoms with Crippen LogP contribution in [0.5, 0.6) is 0 Å². The lowest BCUT2D eigenvalue weighted by Crippen LogP contribution is -2.48. The number of carbonyl (C=O) groups excluding carboxylic acids is 1. The fourth-order valence-electron chi connectivity index (χ4n) is 4.13. The Kier molecular flexibility index (Phi) is 5.87. The van der Waals surface area contributed by atoms with Crippen LogP contribution in [0.25, 0.3) is 0 Å². The van der Waals surface area contributed by atoms with Crippen molar-refractivity contribution >= 4 is 45.6 Å². The molecule has 2 aromatic rings. The normalized spacial score (nSPS) is 19.7. The Labute approximate surface area is 182 Å². The second kappa shape index (κ2) is 8.57. The fourth-order valence-corrected chi connectivity index (χ4v) is 5.11. The Bertz CT molecular complexity index is 1050. The van der Waals surface area contributed by atoms with Crippen molar-refractivity contribution in [3.63, 3.8) is 0 Å². The van der Waals surface area contributed by atoms with Gasteiger partial charge in [-0.15, -0.1) is 0 Å². The van der Waals surface area contributed by atoms with Crippen molar-refractivity contribution in [2.24, 2.45) is 5.92 Å². The first-order valence-electron chi connectivity index (χ1n) is 9.56. The fraction of sp³-hybridized carbons (Fsp3) is 0.350. The number of nitrogens with zero attached hydrogens (tertiary/aromatic N) is 3. The molecule has 1 aromatic carbocycles. The molecule has 10 heteroatoms. The minimum Gasteiger partial charge on any atom is -0.356 e. The lowest BCUT2D eigenvalue weighted by molar-refractivity contribution is -0.384. The lowest BCUT2D eigenvalue weighted by atomic mass is 9.83. The van der Waals surface area contributed by atoms with E-state index in [9.17, 15) is 19.7 Å². The molecule has 2 atom stereocenters. The Morgan fingerprint density at radius 2 is 1.97 bits per heavy atom. The number of benzene rings is 1. The van der Waals surface area contributed by atoms with E-state index in [2.05, 4.69) is 10.2 Å². The van der Waals surface area contributed by atoms with E-state index in [0.717, 1.165) is 25.2 Å². The first-order chi connectivity index (χ1) is 14.4. The molecule has 156 valence electrons. The summed E-state index contributed by atoms with van der Waals surface area (Å²) in [6.45, 7) is 2.23. The molecule has 4 rings (SSSR count). The third-order valence-corrected chi connectivity index (χ3v) is 6.95. The van der Waals surface area contributed by atoms with Crippen LogP contribution in [0.3, 0.4) is 0 Å². The zero-order chi connectivity index (χ0) is 21.3. The van der Waals surface area contributed by atoms with Gasteiger partial charge in [-0.05, 0) is 30.5 Å². The molecule has 0 unspecified atom stereocenters. The number of non-ortho nitro benzene ring substituents is 1. The van der Waals surface area contributed by atoms with Gasteiger partial charge in [-0.2, -0.15) is 0 Å². The van der Waals surface area contributed by atoms with E-state index < -0.39 is 4.92 Å². The number of nitrogens with one attached hydrogen (secondary N) is 1. The first kappa shape index (κ1) is 20.5. The molecular formula is C20H20N4O4S2. The highest BCUT2D eigenvalue weighted by Crippen LogP contribution is 2.36. The van der Waals surface area contributed by atoms with Gasteiger partial charge < -0.3 is 14.8 Å². The van der Waals surface area contributed by atoms with Gasteiger partial charge in [0.05, 0.1) is 10.7 Å². The van der Waals surface area contributed by atoms with E-state index in [-0.39, 0.29) is 28.8 Å². The Balaban J connectivity index is 1.32. The molecule has 2 aliphatic heterocycles. The number of hydrogen-bond donors (Lipinski definition) is 1. The summed E-state index contributed by atoms with van der Waals surface area (Å²) in [4.78, 5) is 36.7. The van der Waals surface area contributed by atoms with Crippen LogP contribution in [0.1, 0.15) is 18.0 Å². The number of rotatable bonds is 4. The molecule has 30 heavy (non-hydrogen) atoms. The minimum absolute atomic E-state index is 0.0250. The Hall–Kier alpha value is -2.72. The number of piperidine rings is 1. The van der Waals surface area contributed by atoms with E-state index in [1.165, 1.54) is 36.0 Å². The van der Waals surface area contributed by atoms with Crippen LogP contribution in [-0.4, -0.2) is 43.5 Å². The van der Waals surface area contributed by atoms with Crippen LogP contribution in [0.4, 0.5) is 11.4 Å². The summed E-state index contributed by atoms with van der Waals surface area (Å²) in [5, 5.41) is 13.4. The second-order valence-electron chi connectivity index (χ2n) is 7.51. The maximum atomic E-state index is 12.2. The predicted octanol–water partition coefficient (Wildman–Crippen LogP) is 2.83. The zero-order valence-electron chi connectivity index (χ0n) is 16.0. The van der Waals surface area contributed by atoms with Gasteiger partial charge in [0.2, 0.25) is 5.91 Å². The van der Waals surface area contributed by atoms with E-state index >= 15 is 0 Å². The number of thiocarbonyl (C=S) groups is 1. The topological polar surface area (TPSA) is 97.5 Å². The van der Waals surface area contributed by atoms with Gasteiger partial charge in [0.1, 0.15) is 4.32 Å². The Morgan fingerprint density at radius 1 is 1.20 bits per heavy atom. The maximum Gasteiger partial charge on any atom is 0.269 e. The highest BCUT2D eigenvalue weighted by molar-refractivity contribution is 8.23. The minimum atomic E-state index is -0.483. The number of aromatic nitrogens is 1. The molecule has 1 N–H and O–H groups in total. The average Bonchev–Trinajstić information content (AvgIpc) is 2.73. The van der Waals surface area contributed by atoms with Crippen molar-refractivity contribution < 1.29 is 9.72 Å². The third kappa shape index (κ3) is 4.39. The summed E-state index contributed by atoms with van der Waals surface area (Å²) in [6.07, 6.45) is 1.05. The van der Waals surface area contributed by atoms with Crippen LogP contribution in [0.2, 0.25) is 0 Å². The van der Waals surface area contributed by atoms with E-state index in [0.29, 0.717) is 22.5 Å². The summed E-state index contributed by atoms with van der Waals surface area (Å²) in [5.41, 5.74) is 1.59. The van der Waals surface area contributed by atoms with Gasteiger partial charge in [-0.25, -0.2) is 0 Å². The molecule has 0 spiro atoms. The number of likely N-dealkylation sites (tertiary alicyclic amines) is 1. The van der Waals surface area contributed by atoms with E-state index in [1.54, 1.807) is 6.07 Å². The number of amides is 1. The molecule has 1 saturated heterocycles.